The summed E-state index contributed by atoms with van der Waals surface area (Å²) in [5, 5.41) is 3.34. The Kier molecular flexibility index (Phi) is 6.01. The van der Waals surface area contributed by atoms with Crippen LogP contribution in [-0.4, -0.2) is 67.6 Å². The number of rotatable bonds is 9. The molecule has 212 valence electrons. The number of nitrogens with one attached hydrogen (secondary N) is 1. The van der Waals surface area contributed by atoms with Crippen LogP contribution in [-0.2, 0) is 10.0 Å². The highest BCUT2D eigenvalue weighted by molar-refractivity contribution is 7.89. The van der Waals surface area contributed by atoms with Gasteiger partial charge in [0.1, 0.15) is 11.8 Å². The Balaban J connectivity index is 1.15. The predicted octanol–water partition coefficient (Wildman–Crippen LogP) is 3.27. The van der Waals surface area contributed by atoms with Crippen LogP contribution in [0.15, 0.2) is 17.3 Å². The minimum Gasteiger partial charge on any atom is -0.365 e. The van der Waals surface area contributed by atoms with Crippen molar-refractivity contribution in [3.8, 4) is 11.4 Å². The average molecular weight is 565 g/mol. The van der Waals surface area contributed by atoms with Crippen molar-refractivity contribution in [2.45, 2.75) is 71.3 Å². The quantitative estimate of drug-likeness (QED) is 0.415. The number of hydrogen-bond donors (Lipinski definition) is 1. The van der Waals surface area contributed by atoms with E-state index < -0.39 is 10.0 Å². The van der Waals surface area contributed by atoms with E-state index in [1.807, 2.05) is 11.5 Å². The average Bonchev–Trinajstić information content (AvgIpc) is 3.80. The summed E-state index contributed by atoms with van der Waals surface area (Å²) >= 11 is 0. The molecular weight excluding hydrogens is 528 g/mol. The molecule has 4 fully saturated rings. The van der Waals surface area contributed by atoms with Gasteiger partial charge in [-0.15, -0.1) is 0 Å². The fraction of sp³-hybridized carbons (Fsp3) is 0.643. The molecule has 0 bridgehead atoms. The van der Waals surface area contributed by atoms with Gasteiger partial charge in [-0.1, -0.05) is 0 Å². The Morgan fingerprint density at radius 2 is 1.85 bits per heavy atom. The van der Waals surface area contributed by atoms with E-state index in [0.717, 1.165) is 55.5 Å². The maximum atomic E-state index is 13.8. The van der Waals surface area contributed by atoms with Crippen molar-refractivity contribution in [2.24, 2.45) is 17.3 Å². The Morgan fingerprint density at radius 1 is 1.10 bits per heavy atom. The summed E-state index contributed by atoms with van der Waals surface area (Å²) in [7, 11) is -3.11. The fourth-order valence-electron chi connectivity index (χ4n) is 6.73. The number of aryl methyl sites for hydroxylation is 1. The fourth-order valence-corrected chi connectivity index (χ4v) is 8.03. The van der Waals surface area contributed by atoms with Gasteiger partial charge < -0.3 is 5.32 Å². The Hall–Kier alpha value is -2.99. The minimum absolute atomic E-state index is 0.00534. The molecule has 3 aromatic rings. The van der Waals surface area contributed by atoms with Gasteiger partial charge in [0.2, 0.25) is 10.0 Å². The molecule has 4 heterocycles. The summed E-state index contributed by atoms with van der Waals surface area (Å²) in [6, 6.07) is 0.00534. The van der Waals surface area contributed by atoms with E-state index in [1.165, 1.54) is 0 Å². The third kappa shape index (κ3) is 4.39. The lowest BCUT2D eigenvalue weighted by Gasteiger charge is -2.58. The molecule has 0 radical (unpaired) electrons. The van der Waals surface area contributed by atoms with Gasteiger partial charge in [0.05, 0.1) is 28.9 Å². The van der Waals surface area contributed by atoms with Gasteiger partial charge in [-0.25, -0.2) is 37.6 Å². The van der Waals surface area contributed by atoms with E-state index in [0.29, 0.717) is 60.2 Å². The first-order valence-corrected chi connectivity index (χ1v) is 16.1. The molecular formula is C28H36N8O3S. The van der Waals surface area contributed by atoms with Crippen LogP contribution in [0.1, 0.15) is 75.7 Å². The lowest BCUT2D eigenvalue weighted by Crippen LogP contribution is -2.64. The summed E-state index contributed by atoms with van der Waals surface area (Å²) in [5.74, 6) is 2.28. The minimum atomic E-state index is -3.11. The van der Waals surface area contributed by atoms with E-state index in [1.54, 1.807) is 23.8 Å². The standard InChI is InChI=1S/C28H36N8O3S/c1-4-40(38,39)35-13-28(14-35)9-18(10-28)11-29-25-27(37)36(17(3)19-5-6-19)26-21(33-25)12-30-24(34-26)22-16(2)31-15-32-23(22)20-7-8-20/h12,15,17-20H,4-11,13-14H2,1-3H3,(H,29,33)/t17-/m0/s1. The van der Waals surface area contributed by atoms with Crippen LogP contribution < -0.4 is 10.9 Å². The van der Waals surface area contributed by atoms with Crippen LogP contribution in [0.2, 0.25) is 0 Å². The second kappa shape index (κ2) is 9.27. The van der Waals surface area contributed by atoms with Crippen LogP contribution in [0.25, 0.3) is 22.6 Å². The third-order valence-electron chi connectivity index (χ3n) is 9.38. The van der Waals surface area contributed by atoms with E-state index in [2.05, 4.69) is 27.2 Å². The van der Waals surface area contributed by atoms with E-state index >= 15 is 0 Å². The molecule has 0 amide bonds. The van der Waals surface area contributed by atoms with Crippen molar-refractivity contribution in [3.63, 3.8) is 0 Å². The second-order valence-corrected chi connectivity index (χ2v) is 14.7. The topological polar surface area (TPSA) is 136 Å². The molecule has 0 unspecified atom stereocenters. The molecule has 3 aliphatic carbocycles. The van der Waals surface area contributed by atoms with Crippen molar-refractivity contribution >= 4 is 27.0 Å². The van der Waals surface area contributed by atoms with Crippen molar-refractivity contribution in [1.29, 1.82) is 0 Å². The Morgan fingerprint density at radius 3 is 2.52 bits per heavy atom. The van der Waals surface area contributed by atoms with Crippen LogP contribution in [0.3, 0.4) is 0 Å². The molecule has 0 aromatic carbocycles. The Bertz CT molecular complexity index is 1650. The maximum absolute atomic E-state index is 13.8. The molecule has 1 saturated heterocycles. The summed E-state index contributed by atoms with van der Waals surface area (Å²) in [6.45, 7) is 7.62. The largest absolute Gasteiger partial charge is 0.365 e. The van der Waals surface area contributed by atoms with E-state index in [9.17, 15) is 13.2 Å². The predicted molar refractivity (Wildman–Crippen MR) is 151 cm³/mol. The molecule has 1 aliphatic heterocycles. The van der Waals surface area contributed by atoms with Crippen molar-refractivity contribution in [3.05, 3.63) is 34.3 Å². The van der Waals surface area contributed by atoms with Crippen LogP contribution in [0.4, 0.5) is 5.82 Å². The molecule has 3 saturated carbocycles. The number of hydrogen-bond acceptors (Lipinski definition) is 9. The molecule has 40 heavy (non-hydrogen) atoms. The van der Waals surface area contributed by atoms with Crippen molar-refractivity contribution in [1.82, 2.24) is 33.8 Å². The first kappa shape index (κ1) is 25.9. The summed E-state index contributed by atoms with van der Waals surface area (Å²) < 4.78 is 27.6. The molecule has 11 nitrogen and oxygen atoms in total. The SMILES string of the molecule is CCS(=O)(=O)N1CC2(CC(CNc3nc4cnc(-c5c(C)ncnc5C5CC5)nc4n([C@@H](C)C4CC4)c3=O)C2)C1. The lowest BCUT2D eigenvalue weighted by molar-refractivity contribution is -0.0477. The summed E-state index contributed by atoms with van der Waals surface area (Å²) in [4.78, 5) is 37.1. The number of nitrogens with zero attached hydrogens (tertiary/aromatic N) is 7. The molecule has 3 aromatic heterocycles. The van der Waals surface area contributed by atoms with Crippen LogP contribution in [0, 0.1) is 24.2 Å². The second-order valence-electron chi connectivity index (χ2n) is 12.4. The highest BCUT2D eigenvalue weighted by Crippen LogP contribution is 2.52. The first-order valence-electron chi connectivity index (χ1n) is 14.5. The number of aromatic nitrogens is 6. The van der Waals surface area contributed by atoms with Gasteiger partial charge in [-0.2, -0.15) is 0 Å². The maximum Gasteiger partial charge on any atom is 0.295 e. The van der Waals surface area contributed by atoms with Gasteiger partial charge in [0.25, 0.3) is 5.56 Å². The monoisotopic (exact) mass is 564 g/mol. The Labute approximate surface area is 233 Å². The number of anilines is 1. The lowest BCUT2D eigenvalue weighted by atomic mass is 9.58. The van der Waals surface area contributed by atoms with Crippen molar-refractivity contribution < 1.29 is 8.42 Å². The molecule has 12 heteroatoms. The number of fused-ring (bicyclic) bond motifs is 1. The van der Waals surface area contributed by atoms with Gasteiger partial charge in [0, 0.05) is 31.6 Å². The zero-order valence-electron chi connectivity index (χ0n) is 23.3. The van der Waals surface area contributed by atoms with Crippen LogP contribution >= 0.6 is 0 Å². The summed E-state index contributed by atoms with van der Waals surface area (Å²) in [6.07, 6.45) is 9.67. The van der Waals surface area contributed by atoms with Crippen molar-refractivity contribution in [2.75, 3.05) is 30.7 Å². The highest BCUT2D eigenvalue weighted by atomic mass is 32.2. The zero-order chi connectivity index (χ0) is 27.8. The summed E-state index contributed by atoms with van der Waals surface area (Å²) in [5.41, 5.74) is 3.79. The van der Waals surface area contributed by atoms with Gasteiger partial charge in [-0.05, 0) is 76.5 Å². The van der Waals surface area contributed by atoms with E-state index in [4.69, 9.17) is 9.97 Å². The highest BCUT2D eigenvalue weighted by Gasteiger charge is 2.54. The van der Waals surface area contributed by atoms with Gasteiger partial charge in [0.15, 0.2) is 17.3 Å². The van der Waals surface area contributed by atoms with Crippen LogP contribution in [0.5, 0.6) is 0 Å². The first-order chi connectivity index (χ1) is 19.2. The molecule has 4 aliphatic rings. The molecule has 7 rings (SSSR count). The van der Waals surface area contributed by atoms with Gasteiger partial charge >= 0.3 is 0 Å². The molecule has 1 spiro atoms. The van der Waals surface area contributed by atoms with E-state index in [-0.39, 0.29) is 22.8 Å². The molecule has 1 atom stereocenters. The third-order valence-corrected chi connectivity index (χ3v) is 11.2. The normalized spacial score (nSPS) is 21.8. The molecule has 1 N–H and O–H groups in total. The smallest absolute Gasteiger partial charge is 0.295 e. The zero-order valence-corrected chi connectivity index (χ0v) is 24.1. The number of sulfonamides is 1. The van der Waals surface area contributed by atoms with Gasteiger partial charge in [-0.3, -0.25) is 9.36 Å².